The van der Waals surface area contributed by atoms with Gasteiger partial charge in [-0.3, -0.25) is 9.59 Å². The van der Waals surface area contributed by atoms with E-state index in [-0.39, 0.29) is 18.5 Å². The van der Waals surface area contributed by atoms with Gasteiger partial charge in [0, 0.05) is 12.8 Å². The van der Waals surface area contributed by atoms with Crippen LogP contribution in [-0.2, 0) is 14.3 Å². The molecule has 0 aliphatic carbocycles. The van der Waals surface area contributed by atoms with E-state index in [1.165, 1.54) is 77.0 Å². The number of allylic oxidation sites excluding steroid dienone is 6. The molecule has 0 spiro atoms. The van der Waals surface area contributed by atoms with E-state index in [1.807, 2.05) is 0 Å². The summed E-state index contributed by atoms with van der Waals surface area (Å²) in [6.45, 7) is 4.47. The number of carboxylic acids is 1. The summed E-state index contributed by atoms with van der Waals surface area (Å²) in [6.07, 6.45) is 41.5. The Morgan fingerprint density at radius 1 is 0.537 bits per heavy atom. The number of carbonyl (C=O) groups is 2. The largest absolute Gasteiger partial charge is 0.481 e. The van der Waals surface area contributed by atoms with Crippen molar-refractivity contribution < 1.29 is 19.4 Å². The molecule has 4 nitrogen and oxygen atoms in total. The summed E-state index contributed by atoms with van der Waals surface area (Å²) in [5.74, 6) is -0.742. The maximum atomic E-state index is 12.6. The van der Waals surface area contributed by atoms with Gasteiger partial charge in [0.1, 0.15) is 6.10 Å². The fourth-order valence-corrected chi connectivity index (χ4v) is 4.99. The number of rotatable bonds is 31. The molecule has 4 heteroatoms. The third-order valence-electron chi connectivity index (χ3n) is 7.57. The fourth-order valence-electron chi connectivity index (χ4n) is 4.99. The molecule has 1 N–H and O–H groups in total. The van der Waals surface area contributed by atoms with E-state index < -0.39 is 5.97 Å². The van der Waals surface area contributed by atoms with Crippen LogP contribution in [0.3, 0.4) is 0 Å². The van der Waals surface area contributed by atoms with Crippen LogP contribution in [-0.4, -0.2) is 23.1 Å². The van der Waals surface area contributed by atoms with Crippen molar-refractivity contribution in [1.29, 1.82) is 0 Å². The van der Waals surface area contributed by atoms with Gasteiger partial charge in [-0.1, -0.05) is 121 Å². The summed E-state index contributed by atoms with van der Waals surface area (Å²) < 4.78 is 5.94. The highest BCUT2D eigenvalue weighted by atomic mass is 16.5. The first kappa shape index (κ1) is 39.2. The van der Waals surface area contributed by atoms with Gasteiger partial charge in [0.2, 0.25) is 0 Å². The van der Waals surface area contributed by atoms with Crippen molar-refractivity contribution >= 4 is 11.9 Å². The summed E-state index contributed by atoms with van der Waals surface area (Å²) in [7, 11) is 0. The van der Waals surface area contributed by atoms with E-state index >= 15 is 0 Å². The van der Waals surface area contributed by atoms with Crippen molar-refractivity contribution in [2.45, 2.75) is 187 Å². The van der Waals surface area contributed by atoms with Crippen molar-refractivity contribution in [3.05, 3.63) is 36.5 Å². The molecule has 0 saturated carbocycles. The molecular weight excluding hydrogens is 508 g/mol. The SMILES string of the molecule is CCC/C=C\CCCCCCCC(=O)OC(CCC/C=C\C/C=C\CCCCCCC)CCCCCCCC(=O)O. The Hall–Kier alpha value is -1.84. The predicted octanol–water partition coefficient (Wildman–Crippen LogP) is 11.8. The molecule has 0 aromatic rings. The zero-order valence-electron chi connectivity index (χ0n) is 27.1. The molecule has 0 radical (unpaired) electrons. The van der Waals surface area contributed by atoms with Crippen molar-refractivity contribution in [3.63, 3.8) is 0 Å². The van der Waals surface area contributed by atoms with Crippen LogP contribution in [0.1, 0.15) is 181 Å². The molecule has 41 heavy (non-hydrogen) atoms. The van der Waals surface area contributed by atoms with Crippen LogP contribution >= 0.6 is 0 Å². The summed E-state index contributed by atoms with van der Waals surface area (Å²) in [5, 5.41) is 8.78. The highest BCUT2D eigenvalue weighted by Crippen LogP contribution is 2.17. The molecule has 0 aliphatic rings. The van der Waals surface area contributed by atoms with Crippen molar-refractivity contribution in [3.8, 4) is 0 Å². The average Bonchev–Trinajstić information content (AvgIpc) is 2.95. The Labute approximate surface area is 254 Å². The van der Waals surface area contributed by atoms with E-state index in [1.54, 1.807) is 0 Å². The molecule has 1 unspecified atom stereocenters. The lowest BCUT2D eigenvalue weighted by molar-refractivity contribution is -0.150. The molecule has 0 aliphatic heterocycles. The molecule has 0 rings (SSSR count). The standard InChI is InChI=1S/C37H66O4/c1-3-5-7-9-11-13-15-16-17-18-20-23-27-31-35(32-28-24-22-25-29-33-36(38)39)41-37(40)34-30-26-21-19-14-12-10-8-6-4-2/h8,10,15-16,18,20,35H,3-7,9,11-14,17,19,21-34H2,1-2H3,(H,38,39)/b10-8-,16-15-,20-18-. The van der Waals surface area contributed by atoms with E-state index in [4.69, 9.17) is 9.84 Å². The molecule has 0 aromatic carbocycles. The lowest BCUT2D eigenvalue weighted by Crippen LogP contribution is -2.18. The summed E-state index contributed by atoms with van der Waals surface area (Å²) in [6, 6.07) is 0. The first-order chi connectivity index (χ1) is 20.1. The number of aliphatic carboxylic acids is 1. The van der Waals surface area contributed by atoms with Gasteiger partial charge in [-0.25, -0.2) is 0 Å². The van der Waals surface area contributed by atoms with Gasteiger partial charge in [0.25, 0.3) is 0 Å². The number of carbonyl (C=O) groups excluding carboxylic acids is 1. The molecule has 0 saturated heterocycles. The average molecular weight is 575 g/mol. The Morgan fingerprint density at radius 3 is 1.66 bits per heavy atom. The molecule has 0 fully saturated rings. The molecule has 0 amide bonds. The first-order valence-corrected chi connectivity index (χ1v) is 17.5. The number of carboxylic acid groups (broad SMARTS) is 1. The normalized spacial score (nSPS) is 12.6. The first-order valence-electron chi connectivity index (χ1n) is 17.5. The second kappa shape index (κ2) is 32.7. The Balaban J connectivity index is 4.19. The minimum absolute atomic E-state index is 0.0115. The summed E-state index contributed by atoms with van der Waals surface area (Å²) in [5.41, 5.74) is 0. The quantitative estimate of drug-likeness (QED) is 0.0508. The van der Waals surface area contributed by atoms with E-state index in [0.29, 0.717) is 6.42 Å². The van der Waals surface area contributed by atoms with Gasteiger partial charge in [0.15, 0.2) is 0 Å². The highest BCUT2D eigenvalue weighted by Gasteiger charge is 2.14. The Kier molecular flexibility index (Phi) is 31.2. The van der Waals surface area contributed by atoms with Gasteiger partial charge in [-0.05, 0) is 83.5 Å². The highest BCUT2D eigenvalue weighted by molar-refractivity contribution is 5.69. The van der Waals surface area contributed by atoms with Gasteiger partial charge in [0.05, 0.1) is 0 Å². The Bertz CT molecular complexity index is 664. The molecule has 1 atom stereocenters. The fraction of sp³-hybridized carbons (Fsp3) is 0.784. The zero-order chi connectivity index (χ0) is 30.1. The van der Waals surface area contributed by atoms with Crippen molar-refractivity contribution in [2.24, 2.45) is 0 Å². The van der Waals surface area contributed by atoms with E-state index in [0.717, 1.165) is 77.0 Å². The number of ether oxygens (including phenoxy) is 1. The lowest BCUT2D eigenvalue weighted by atomic mass is 10.0. The minimum Gasteiger partial charge on any atom is -0.481 e. The number of unbranched alkanes of at least 4 members (excludes halogenated alkanes) is 16. The van der Waals surface area contributed by atoms with Crippen LogP contribution < -0.4 is 0 Å². The lowest BCUT2D eigenvalue weighted by Gasteiger charge is -2.18. The van der Waals surface area contributed by atoms with Crippen LogP contribution in [0, 0.1) is 0 Å². The predicted molar refractivity (Wildman–Crippen MR) is 176 cm³/mol. The number of hydrogen-bond acceptors (Lipinski definition) is 3. The van der Waals surface area contributed by atoms with Gasteiger partial charge < -0.3 is 9.84 Å². The second-order valence-electron chi connectivity index (χ2n) is 11.7. The monoisotopic (exact) mass is 574 g/mol. The van der Waals surface area contributed by atoms with Gasteiger partial charge >= 0.3 is 11.9 Å². The maximum absolute atomic E-state index is 12.6. The van der Waals surface area contributed by atoms with E-state index in [9.17, 15) is 9.59 Å². The maximum Gasteiger partial charge on any atom is 0.306 e. The number of esters is 1. The summed E-state index contributed by atoms with van der Waals surface area (Å²) in [4.78, 5) is 23.2. The topological polar surface area (TPSA) is 63.6 Å². The summed E-state index contributed by atoms with van der Waals surface area (Å²) >= 11 is 0. The van der Waals surface area contributed by atoms with Crippen LogP contribution in [0.15, 0.2) is 36.5 Å². The third kappa shape index (κ3) is 32.5. The smallest absolute Gasteiger partial charge is 0.306 e. The van der Waals surface area contributed by atoms with Crippen LogP contribution in [0.25, 0.3) is 0 Å². The van der Waals surface area contributed by atoms with Crippen molar-refractivity contribution in [1.82, 2.24) is 0 Å². The van der Waals surface area contributed by atoms with Crippen LogP contribution in [0.4, 0.5) is 0 Å². The molecule has 0 heterocycles. The Morgan fingerprint density at radius 2 is 1.02 bits per heavy atom. The molecule has 0 bridgehead atoms. The van der Waals surface area contributed by atoms with E-state index in [2.05, 4.69) is 50.3 Å². The van der Waals surface area contributed by atoms with Crippen LogP contribution in [0.2, 0.25) is 0 Å². The molecule has 0 aromatic heterocycles. The molecule has 238 valence electrons. The number of hydrogen-bond donors (Lipinski definition) is 1. The molecular formula is C37H66O4. The van der Waals surface area contributed by atoms with Crippen molar-refractivity contribution in [2.75, 3.05) is 0 Å². The second-order valence-corrected chi connectivity index (χ2v) is 11.7. The third-order valence-corrected chi connectivity index (χ3v) is 7.57. The zero-order valence-corrected chi connectivity index (χ0v) is 27.1. The van der Waals surface area contributed by atoms with Crippen LogP contribution in [0.5, 0.6) is 0 Å². The minimum atomic E-state index is -0.709. The van der Waals surface area contributed by atoms with Gasteiger partial charge in [-0.2, -0.15) is 0 Å². The van der Waals surface area contributed by atoms with Gasteiger partial charge in [-0.15, -0.1) is 0 Å².